The molecule has 1 amide bonds. The van der Waals surface area contributed by atoms with Gasteiger partial charge in [-0.25, -0.2) is 9.78 Å². The molecule has 0 atom stereocenters. The first-order chi connectivity index (χ1) is 9.54. The van der Waals surface area contributed by atoms with Gasteiger partial charge in [-0.15, -0.1) is 0 Å². The number of aromatic nitrogens is 2. The summed E-state index contributed by atoms with van der Waals surface area (Å²) in [7, 11) is 0. The van der Waals surface area contributed by atoms with Crippen LogP contribution in [-0.2, 0) is 4.79 Å². The molecule has 2 aromatic heterocycles. The SMILES string of the molecule is Cc1cc(C(=O)Nc2cccc(C=CC(=O)O)n2)no1. The van der Waals surface area contributed by atoms with Gasteiger partial charge in [0.05, 0.1) is 5.69 Å². The Morgan fingerprint density at radius 2 is 2.20 bits per heavy atom. The monoisotopic (exact) mass is 273 g/mol. The Bertz CT molecular complexity index is 676. The van der Waals surface area contributed by atoms with Gasteiger partial charge in [0.25, 0.3) is 5.91 Å². The van der Waals surface area contributed by atoms with Gasteiger partial charge in [-0.3, -0.25) is 4.79 Å². The fraction of sp³-hybridized carbons (Fsp3) is 0.0769. The molecule has 2 rings (SSSR count). The van der Waals surface area contributed by atoms with Crippen LogP contribution in [0.5, 0.6) is 0 Å². The Hall–Kier alpha value is -2.96. The van der Waals surface area contributed by atoms with E-state index in [1.54, 1.807) is 25.1 Å². The lowest BCUT2D eigenvalue weighted by atomic mass is 10.3. The highest BCUT2D eigenvalue weighted by molar-refractivity contribution is 6.02. The maximum absolute atomic E-state index is 11.8. The summed E-state index contributed by atoms with van der Waals surface area (Å²) >= 11 is 0. The number of aliphatic carboxylic acids is 1. The quantitative estimate of drug-likeness (QED) is 0.822. The van der Waals surface area contributed by atoms with Gasteiger partial charge in [-0.2, -0.15) is 0 Å². The zero-order valence-electron chi connectivity index (χ0n) is 10.5. The van der Waals surface area contributed by atoms with Gasteiger partial charge in [-0.1, -0.05) is 11.2 Å². The van der Waals surface area contributed by atoms with Crippen molar-refractivity contribution in [1.29, 1.82) is 0 Å². The fourth-order valence-corrected chi connectivity index (χ4v) is 1.42. The highest BCUT2D eigenvalue weighted by Crippen LogP contribution is 2.09. The van der Waals surface area contributed by atoms with Crippen LogP contribution in [0.15, 0.2) is 34.9 Å². The first-order valence-corrected chi connectivity index (χ1v) is 5.67. The number of carbonyl (C=O) groups excluding carboxylic acids is 1. The molecular formula is C13H11N3O4. The third-order valence-electron chi connectivity index (χ3n) is 2.27. The smallest absolute Gasteiger partial charge is 0.328 e. The van der Waals surface area contributed by atoms with Crippen molar-refractivity contribution in [3.05, 3.63) is 47.5 Å². The fourth-order valence-electron chi connectivity index (χ4n) is 1.42. The number of carbonyl (C=O) groups is 2. The van der Waals surface area contributed by atoms with Crippen LogP contribution >= 0.6 is 0 Å². The molecule has 0 saturated carbocycles. The van der Waals surface area contributed by atoms with Gasteiger partial charge < -0.3 is 14.9 Å². The standard InChI is InChI=1S/C13H11N3O4/c1-8-7-10(16-20-8)13(19)15-11-4-2-3-9(14-11)5-6-12(17)18/h2-7H,1H3,(H,17,18)(H,14,15,19). The third kappa shape index (κ3) is 3.52. The number of hydrogen-bond acceptors (Lipinski definition) is 5. The van der Waals surface area contributed by atoms with Crippen LogP contribution in [-0.4, -0.2) is 27.1 Å². The molecule has 2 N–H and O–H groups in total. The van der Waals surface area contributed by atoms with Crippen molar-refractivity contribution in [2.45, 2.75) is 6.92 Å². The molecule has 0 aliphatic heterocycles. The second-order valence-corrected chi connectivity index (χ2v) is 3.90. The average molecular weight is 273 g/mol. The summed E-state index contributed by atoms with van der Waals surface area (Å²) in [5.41, 5.74) is 0.567. The second kappa shape index (κ2) is 5.79. The third-order valence-corrected chi connectivity index (χ3v) is 2.27. The number of nitrogens with one attached hydrogen (secondary N) is 1. The molecule has 0 unspecified atom stereocenters. The Kier molecular flexibility index (Phi) is 3.90. The molecule has 0 bridgehead atoms. The number of hydrogen-bond donors (Lipinski definition) is 2. The highest BCUT2D eigenvalue weighted by Gasteiger charge is 2.11. The number of amides is 1. The van der Waals surface area contributed by atoms with Crippen molar-refractivity contribution in [3.63, 3.8) is 0 Å². The van der Waals surface area contributed by atoms with Gasteiger partial charge in [0, 0.05) is 12.1 Å². The Morgan fingerprint density at radius 1 is 1.40 bits per heavy atom. The topological polar surface area (TPSA) is 105 Å². The molecule has 2 heterocycles. The lowest BCUT2D eigenvalue weighted by Crippen LogP contribution is -2.13. The molecule has 20 heavy (non-hydrogen) atoms. The zero-order chi connectivity index (χ0) is 14.5. The molecule has 0 aliphatic carbocycles. The van der Waals surface area contributed by atoms with Crippen LogP contribution in [0, 0.1) is 6.92 Å². The summed E-state index contributed by atoms with van der Waals surface area (Å²) in [5.74, 6) is -0.697. The van der Waals surface area contributed by atoms with Crippen LogP contribution in [0.1, 0.15) is 21.9 Å². The number of rotatable bonds is 4. The van der Waals surface area contributed by atoms with Crippen molar-refractivity contribution in [2.75, 3.05) is 5.32 Å². The number of carboxylic acids is 1. The van der Waals surface area contributed by atoms with Crippen LogP contribution < -0.4 is 5.32 Å². The van der Waals surface area contributed by atoms with Crippen molar-refractivity contribution in [2.24, 2.45) is 0 Å². The maximum atomic E-state index is 11.8. The largest absolute Gasteiger partial charge is 0.478 e. The molecule has 0 aromatic carbocycles. The molecule has 7 heteroatoms. The zero-order valence-corrected chi connectivity index (χ0v) is 10.5. The van der Waals surface area contributed by atoms with Gasteiger partial charge in [-0.05, 0) is 25.1 Å². The number of aryl methyl sites for hydroxylation is 1. The number of anilines is 1. The summed E-state index contributed by atoms with van der Waals surface area (Å²) in [4.78, 5) is 26.3. The summed E-state index contributed by atoms with van der Waals surface area (Å²) in [5, 5.41) is 14.7. The van der Waals surface area contributed by atoms with E-state index in [0.29, 0.717) is 17.3 Å². The second-order valence-electron chi connectivity index (χ2n) is 3.90. The Labute approximate surface area is 113 Å². The molecule has 102 valence electrons. The van der Waals surface area contributed by atoms with Crippen molar-refractivity contribution in [1.82, 2.24) is 10.1 Å². The van der Waals surface area contributed by atoms with E-state index in [-0.39, 0.29) is 5.69 Å². The minimum atomic E-state index is -1.07. The average Bonchev–Trinajstić information content (AvgIpc) is 2.84. The molecular weight excluding hydrogens is 262 g/mol. The van der Waals surface area contributed by atoms with E-state index in [1.165, 1.54) is 12.1 Å². The first kappa shape index (κ1) is 13.5. The van der Waals surface area contributed by atoms with E-state index in [2.05, 4.69) is 15.5 Å². The van der Waals surface area contributed by atoms with E-state index in [0.717, 1.165) is 6.08 Å². The van der Waals surface area contributed by atoms with Crippen molar-refractivity contribution in [3.8, 4) is 0 Å². The van der Waals surface area contributed by atoms with Crippen LogP contribution in [0.4, 0.5) is 5.82 Å². The number of carboxylic acid groups (broad SMARTS) is 1. The van der Waals surface area contributed by atoms with Gasteiger partial charge in [0.1, 0.15) is 11.6 Å². The molecule has 2 aromatic rings. The highest BCUT2D eigenvalue weighted by atomic mass is 16.5. The minimum Gasteiger partial charge on any atom is -0.478 e. The van der Waals surface area contributed by atoms with Crippen molar-refractivity contribution < 1.29 is 19.2 Å². The predicted molar refractivity (Wildman–Crippen MR) is 70.1 cm³/mol. The van der Waals surface area contributed by atoms with Crippen LogP contribution in [0.2, 0.25) is 0 Å². The van der Waals surface area contributed by atoms with E-state index in [1.807, 2.05) is 0 Å². The van der Waals surface area contributed by atoms with E-state index >= 15 is 0 Å². The van der Waals surface area contributed by atoms with Gasteiger partial charge in [0.2, 0.25) is 0 Å². The molecule has 0 radical (unpaired) electrons. The molecule has 7 nitrogen and oxygen atoms in total. The normalized spacial score (nSPS) is 10.7. The molecule has 0 fully saturated rings. The minimum absolute atomic E-state index is 0.149. The molecule has 0 spiro atoms. The predicted octanol–water partition coefficient (Wildman–Crippen LogP) is 1.73. The Morgan fingerprint density at radius 3 is 2.85 bits per heavy atom. The van der Waals surface area contributed by atoms with E-state index in [4.69, 9.17) is 9.63 Å². The lowest BCUT2D eigenvalue weighted by Gasteiger charge is -2.02. The van der Waals surface area contributed by atoms with Crippen LogP contribution in [0.25, 0.3) is 6.08 Å². The maximum Gasteiger partial charge on any atom is 0.328 e. The summed E-state index contributed by atoms with van der Waals surface area (Å²) in [6.07, 6.45) is 2.30. The van der Waals surface area contributed by atoms with Crippen LogP contribution in [0.3, 0.4) is 0 Å². The Balaban J connectivity index is 2.11. The number of pyridine rings is 1. The molecule has 0 aliphatic rings. The van der Waals surface area contributed by atoms with E-state index < -0.39 is 11.9 Å². The first-order valence-electron chi connectivity index (χ1n) is 5.67. The summed E-state index contributed by atoms with van der Waals surface area (Å²) < 4.78 is 4.80. The van der Waals surface area contributed by atoms with E-state index in [9.17, 15) is 9.59 Å². The van der Waals surface area contributed by atoms with Crippen molar-refractivity contribution >= 4 is 23.8 Å². The summed E-state index contributed by atoms with van der Waals surface area (Å²) in [6.45, 7) is 1.68. The number of nitrogens with zero attached hydrogens (tertiary/aromatic N) is 2. The van der Waals surface area contributed by atoms with Gasteiger partial charge >= 0.3 is 5.97 Å². The lowest BCUT2D eigenvalue weighted by molar-refractivity contribution is -0.131. The van der Waals surface area contributed by atoms with Gasteiger partial charge in [0.15, 0.2) is 5.69 Å². The summed E-state index contributed by atoms with van der Waals surface area (Å²) in [6, 6.07) is 6.36. The molecule has 0 saturated heterocycles.